The van der Waals surface area contributed by atoms with Crippen LogP contribution in [0.25, 0.3) is 0 Å². The van der Waals surface area contributed by atoms with Gasteiger partial charge < -0.3 is 29.7 Å². The van der Waals surface area contributed by atoms with E-state index in [0.717, 1.165) is 18.2 Å². The van der Waals surface area contributed by atoms with Crippen LogP contribution in [0.4, 0.5) is 0 Å². The van der Waals surface area contributed by atoms with Crippen molar-refractivity contribution >= 4 is 72.5 Å². The molecule has 10 heteroatoms. The minimum atomic E-state index is -1.21. The summed E-state index contributed by atoms with van der Waals surface area (Å²) in [5.41, 5.74) is 0. The molecule has 0 unspecified atom stereocenters. The van der Waals surface area contributed by atoms with E-state index in [-0.39, 0.29) is 37.4 Å². The number of carboxylic acids is 3. The summed E-state index contributed by atoms with van der Waals surface area (Å²) >= 11 is 15.2. The van der Waals surface area contributed by atoms with Gasteiger partial charge in [0.2, 0.25) is 0 Å². The van der Waals surface area contributed by atoms with E-state index in [4.69, 9.17) is 34.8 Å². The summed E-state index contributed by atoms with van der Waals surface area (Å²) in [6, 6.07) is 0. The molecule has 0 amide bonds. The average molecular weight is 428 g/mol. The first-order chi connectivity index (χ1) is 9.81. The number of rotatable bonds is 6. The maximum atomic E-state index is 9.50. The smallest absolute Gasteiger partial charge is 0.545 e. The van der Waals surface area contributed by atoms with Gasteiger partial charge >= 0.3 is 19.8 Å². The SMILES string of the molecule is O=C([O-])/C=C/CCl.O=C([O-])/C=C/CCl.O=C([O-])/C=C/CCl.[Ga+3]. The minimum Gasteiger partial charge on any atom is -0.545 e. The molecule has 6 nitrogen and oxygen atoms in total. The fourth-order valence-corrected chi connectivity index (χ4v) is 0.690. The first-order valence-corrected chi connectivity index (χ1v) is 6.72. The number of carbonyl (C=O) groups is 3. The van der Waals surface area contributed by atoms with E-state index in [1.807, 2.05) is 0 Å². The molecule has 0 aromatic carbocycles. The van der Waals surface area contributed by atoms with Crippen molar-refractivity contribution < 1.29 is 29.7 Å². The van der Waals surface area contributed by atoms with Crippen LogP contribution in [-0.4, -0.2) is 55.3 Å². The third-order valence-electron chi connectivity index (χ3n) is 1.03. The van der Waals surface area contributed by atoms with Crippen molar-refractivity contribution in [1.82, 2.24) is 0 Å². The van der Waals surface area contributed by atoms with Crippen LogP contribution in [0.3, 0.4) is 0 Å². The van der Waals surface area contributed by atoms with Crippen LogP contribution in [0, 0.1) is 0 Å². The molecule has 0 aromatic heterocycles. The van der Waals surface area contributed by atoms with Gasteiger partial charge in [-0.15, -0.1) is 34.8 Å². The number of alkyl halides is 3. The van der Waals surface area contributed by atoms with Gasteiger partial charge in [0.1, 0.15) is 0 Å². The normalized spacial score (nSPS) is 9.41. The minimum absolute atomic E-state index is 0. The van der Waals surface area contributed by atoms with Crippen LogP contribution in [0.2, 0.25) is 0 Å². The number of aliphatic carboxylic acids is 3. The summed E-state index contributed by atoms with van der Waals surface area (Å²) in [5, 5.41) is 28.5. The van der Waals surface area contributed by atoms with Gasteiger partial charge in [-0.2, -0.15) is 0 Å². The Hall–Kier alpha value is -0.864. The van der Waals surface area contributed by atoms with Gasteiger partial charge in [-0.1, -0.05) is 18.2 Å². The van der Waals surface area contributed by atoms with E-state index in [9.17, 15) is 29.7 Å². The second-order valence-electron chi connectivity index (χ2n) is 2.63. The maximum Gasteiger partial charge on any atom is 3.00 e. The summed E-state index contributed by atoms with van der Waals surface area (Å²) in [7, 11) is 0. The summed E-state index contributed by atoms with van der Waals surface area (Å²) in [4.78, 5) is 28.5. The Labute approximate surface area is 156 Å². The van der Waals surface area contributed by atoms with Crippen molar-refractivity contribution in [2.75, 3.05) is 17.6 Å². The zero-order chi connectivity index (χ0) is 17.1. The van der Waals surface area contributed by atoms with Crippen molar-refractivity contribution in [3.05, 3.63) is 36.5 Å². The van der Waals surface area contributed by atoms with Crippen LogP contribution in [-0.2, 0) is 14.4 Å². The molecular weight excluding hydrogens is 416 g/mol. The molecule has 0 N–H and O–H groups in total. The van der Waals surface area contributed by atoms with Crippen molar-refractivity contribution in [2.45, 2.75) is 0 Å². The number of halogens is 3. The molecule has 0 heterocycles. The van der Waals surface area contributed by atoms with E-state index < -0.39 is 17.9 Å². The Balaban J connectivity index is -0.000000108. The second-order valence-corrected chi connectivity index (χ2v) is 3.55. The molecule has 0 spiro atoms. The topological polar surface area (TPSA) is 120 Å². The Morgan fingerprint density at radius 2 is 0.818 bits per heavy atom. The van der Waals surface area contributed by atoms with E-state index in [1.165, 1.54) is 18.2 Å². The summed E-state index contributed by atoms with van der Waals surface area (Å²) in [6.45, 7) is 0. The molecule has 0 saturated heterocycles. The van der Waals surface area contributed by atoms with Crippen molar-refractivity contribution in [3.8, 4) is 0 Å². The predicted octanol–water partition coefficient (Wildman–Crippen LogP) is -1.79. The monoisotopic (exact) mass is 426 g/mol. The Bertz CT molecular complexity index is 326. The second kappa shape index (κ2) is 25.1. The molecule has 0 rings (SSSR count). The summed E-state index contributed by atoms with van der Waals surface area (Å²) in [5.74, 6) is -2.97. The van der Waals surface area contributed by atoms with Gasteiger partial charge in [0.15, 0.2) is 0 Å². The molecule has 22 heavy (non-hydrogen) atoms. The van der Waals surface area contributed by atoms with E-state index >= 15 is 0 Å². The van der Waals surface area contributed by atoms with Crippen molar-refractivity contribution in [3.63, 3.8) is 0 Å². The maximum absolute atomic E-state index is 9.50. The molecule has 0 aliphatic rings. The van der Waals surface area contributed by atoms with Gasteiger partial charge in [0.05, 0.1) is 17.9 Å². The summed E-state index contributed by atoms with van der Waals surface area (Å²) < 4.78 is 0. The zero-order valence-electron chi connectivity index (χ0n) is 11.2. The fourth-order valence-electron chi connectivity index (χ4n) is 0.422. The van der Waals surface area contributed by atoms with Crippen molar-refractivity contribution in [2.24, 2.45) is 0 Å². The van der Waals surface area contributed by atoms with Crippen LogP contribution in [0.1, 0.15) is 0 Å². The number of carbonyl (C=O) groups excluding carboxylic acids is 3. The van der Waals surface area contributed by atoms with Crippen LogP contribution >= 0.6 is 34.8 Å². The van der Waals surface area contributed by atoms with Crippen LogP contribution < -0.4 is 15.3 Å². The molecule has 0 bridgehead atoms. The first-order valence-electron chi connectivity index (χ1n) is 5.12. The van der Waals surface area contributed by atoms with E-state index in [1.54, 1.807) is 0 Å². The molecule has 0 aliphatic heterocycles. The molecule has 0 atom stereocenters. The number of hydrogen-bond acceptors (Lipinski definition) is 6. The number of allylic oxidation sites excluding steroid dienone is 3. The molecule has 0 aliphatic carbocycles. The largest absolute Gasteiger partial charge is 3.00 e. The summed E-state index contributed by atoms with van der Waals surface area (Å²) in [6.07, 6.45) is 6.59. The fraction of sp³-hybridized carbons (Fsp3) is 0.250. The third-order valence-corrected chi connectivity index (χ3v) is 1.56. The van der Waals surface area contributed by atoms with Gasteiger partial charge in [-0.25, -0.2) is 0 Å². The molecular formula is C12H12Cl3GaO6. The van der Waals surface area contributed by atoms with Crippen LogP contribution in [0.15, 0.2) is 36.5 Å². The van der Waals surface area contributed by atoms with Crippen molar-refractivity contribution in [1.29, 1.82) is 0 Å². The van der Waals surface area contributed by atoms with E-state index in [2.05, 4.69) is 0 Å². The van der Waals surface area contributed by atoms with Gasteiger partial charge in [0.25, 0.3) is 0 Å². The van der Waals surface area contributed by atoms with E-state index in [0.29, 0.717) is 0 Å². The van der Waals surface area contributed by atoms with Gasteiger partial charge in [0, 0.05) is 17.6 Å². The molecule has 0 fully saturated rings. The number of carboxylic acid groups (broad SMARTS) is 3. The molecule has 0 aromatic rings. The third kappa shape index (κ3) is 50.8. The molecule has 0 saturated carbocycles. The Morgan fingerprint density at radius 3 is 0.864 bits per heavy atom. The predicted molar refractivity (Wildman–Crippen MR) is 80.4 cm³/mol. The van der Waals surface area contributed by atoms with Crippen LogP contribution in [0.5, 0.6) is 0 Å². The molecule has 0 radical (unpaired) electrons. The Morgan fingerprint density at radius 1 is 0.636 bits per heavy atom. The Kier molecular flexibility index (Phi) is 33.3. The van der Waals surface area contributed by atoms with Gasteiger partial charge in [-0.05, 0) is 18.2 Å². The standard InChI is InChI=1S/3C4H5ClO2.Ga/c3*5-3-1-2-4(6)7;/h3*1-2H,3H2,(H,6,7);/q;;;+3/p-3/b3*2-1+;. The molecule has 120 valence electrons. The zero-order valence-corrected chi connectivity index (χ0v) is 15.9. The quantitative estimate of drug-likeness (QED) is 0.280. The van der Waals surface area contributed by atoms with Gasteiger partial charge in [-0.3, -0.25) is 0 Å². The first kappa shape index (κ1) is 29.2. The number of hydrogen-bond donors (Lipinski definition) is 0. The average Bonchev–Trinajstić information content (AvgIpc) is 2.41.